The van der Waals surface area contributed by atoms with Crippen LogP contribution in [0, 0.1) is 5.92 Å². The van der Waals surface area contributed by atoms with Gasteiger partial charge in [0, 0.05) is 26.2 Å². The molecule has 1 saturated heterocycles. The summed E-state index contributed by atoms with van der Waals surface area (Å²) in [6.07, 6.45) is 6.39. The number of hydrogen-bond acceptors (Lipinski definition) is 3. The molecule has 5 nitrogen and oxygen atoms in total. The molecule has 0 unspecified atom stereocenters. The predicted octanol–water partition coefficient (Wildman–Crippen LogP) is 1.42. The maximum atomic E-state index is 5.84. The second kappa shape index (κ2) is 10.6. The fourth-order valence-corrected chi connectivity index (χ4v) is 2.46. The molecule has 0 bridgehead atoms. The molecular formula is C14H29IN4O. The Morgan fingerprint density at radius 2 is 2.00 bits per heavy atom. The van der Waals surface area contributed by atoms with Crippen LogP contribution >= 0.6 is 24.0 Å². The van der Waals surface area contributed by atoms with Crippen LogP contribution in [0.5, 0.6) is 0 Å². The van der Waals surface area contributed by atoms with Crippen LogP contribution in [0.3, 0.4) is 0 Å². The maximum Gasteiger partial charge on any atom is 0.188 e. The maximum absolute atomic E-state index is 5.84. The average molecular weight is 396 g/mol. The van der Waals surface area contributed by atoms with Crippen molar-refractivity contribution in [2.45, 2.75) is 32.1 Å². The van der Waals surface area contributed by atoms with E-state index in [0.717, 1.165) is 51.7 Å². The standard InChI is InChI=1S/C14H28N4O.HI/c15-14(17-12-13-4-3-5-13)16-6-1-2-7-18-8-10-19-11-9-18;/h13H,1-12H2,(H3,15,16,17);1H. The highest BCUT2D eigenvalue weighted by atomic mass is 127. The molecule has 0 aromatic heterocycles. The van der Waals surface area contributed by atoms with Crippen molar-refractivity contribution in [1.29, 1.82) is 0 Å². The first-order valence-corrected chi connectivity index (χ1v) is 7.68. The van der Waals surface area contributed by atoms with Crippen LogP contribution < -0.4 is 11.1 Å². The third-order valence-corrected chi connectivity index (χ3v) is 4.06. The van der Waals surface area contributed by atoms with Crippen molar-refractivity contribution in [2.75, 3.05) is 45.9 Å². The number of nitrogens with two attached hydrogens (primary N) is 1. The molecule has 2 aliphatic rings. The van der Waals surface area contributed by atoms with Crippen molar-refractivity contribution in [1.82, 2.24) is 10.2 Å². The van der Waals surface area contributed by atoms with Crippen LogP contribution in [0.1, 0.15) is 32.1 Å². The number of nitrogens with one attached hydrogen (secondary N) is 1. The minimum atomic E-state index is 0. The van der Waals surface area contributed by atoms with Gasteiger partial charge in [-0.2, -0.15) is 0 Å². The topological polar surface area (TPSA) is 62.9 Å². The number of hydrogen-bond donors (Lipinski definition) is 2. The van der Waals surface area contributed by atoms with E-state index < -0.39 is 0 Å². The molecular weight excluding hydrogens is 367 g/mol. The lowest BCUT2D eigenvalue weighted by Gasteiger charge is -2.26. The van der Waals surface area contributed by atoms with Crippen LogP contribution in [-0.4, -0.2) is 56.8 Å². The third kappa shape index (κ3) is 7.08. The molecule has 1 saturated carbocycles. The molecule has 3 N–H and O–H groups in total. The number of morpholine rings is 1. The Labute approximate surface area is 139 Å². The zero-order valence-corrected chi connectivity index (χ0v) is 14.7. The third-order valence-electron chi connectivity index (χ3n) is 4.06. The van der Waals surface area contributed by atoms with Gasteiger partial charge >= 0.3 is 0 Å². The largest absolute Gasteiger partial charge is 0.379 e. The molecule has 1 heterocycles. The first-order valence-electron chi connectivity index (χ1n) is 7.68. The molecule has 6 heteroatoms. The number of unbranched alkanes of at least 4 members (excludes halogenated alkanes) is 1. The normalized spacial score (nSPS) is 21.1. The fourth-order valence-electron chi connectivity index (χ4n) is 2.46. The van der Waals surface area contributed by atoms with E-state index in [9.17, 15) is 0 Å². The highest BCUT2D eigenvalue weighted by Gasteiger charge is 2.16. The Balaban J connectivity index is 0.00000200. The van der Waals surface area contributed by atoms with E-state index in [4.69, 9.17) is 10.5 Å². The Bertz CT molecular complexity index is 278. The molecule has 0 aromatic carbocycles. The molecule has 0 radical (unpaired) electrons. The number of aliphatic imine (C=N–C) groups is 1. The van der Waals surface area contributed by atoms with E-state index in [1.807, 2.05) is 0 Å². The number of ether oxygens (including phenoxy) is 1. The van der Waals surface area contributed by atoms with Crippen molar-refractivity contribution in [3.8, 4) is 0 Å². The minimum Gasteiger partial charge on any atom is -0.379 e. The van der Waals surface area contributed by atoms with Crippen molar-refractivity contribution < 1.29 is 4.74 Å². The predicted molar refractivity (Wildman–Crippen MR) is 93.7 cm³/mol. The van der Waals surface area contributed by atoms with Gasteiger partial charge in [-0.3, -0.25) is 9.89 Å². The summed E-state index contributed by atoms with van der Waals surface area (Å²) >= 11 is 0. The molecule has 1 aliphatic heterocycles. The Hall–Kier alpha value is -0.0800. The zero-order valence-electron chi connectivity index (χ0n) is 12.4. The van der Waals surface area contributed by atoms with Gasteiger partial charge < -0.3 is 15.8 Å². The van der Waals surface area contributed by atoms with E-state index in [1.165, 1.54) is 32.2 Å². The van der Waals surface area contributed by atoms with Crippen LogP contribution in [-0.2, 0) is 4.74 Å². The van der Waals surface area contributed by atoms with Gasteiger partial charge in [0.2, 0.25) is 0 Å². The Morgan fingerprint density at radius 1 is 1.25 bits per heavy atom. The van der Waals surface area contributed by atoms with Gasteiger partial charge in [0.25, 0.3) is 0 Å². The fraction of sp³-hybridized carbons (Fsp3) is 0.929. The SMILES string of the molecule is I.NC(=NCC1CCC1)NCCCCN1CCOCC1. The number of nitrogens with zero attached hydrogens (tertiary/aromatic N) is 2. The van der Waals surface area contributed by atoms with E-state index in [-0.39, 0.29) is 24.0 Å². The van der Waals surface area contributed by atoms with Crippen LogP contribution in [0.4, 0.5) is 0 Å². The van der Waals surface area contributed by atoms with Crippen LogP contribution in [0.2, 0.25) is 0 Å². The number of halogens is 1. The summed E-state index contributed by atoms with van der Waals surface area (Å²) in [7, 11) is 0. The van der Waals surface area contributed by atoms with E-state index in [1.54, 1.807) is 0 Å². The van der Waals surface area contributed by atoms with Gasteiger partial charge in [0.05, 0.1) is 13.2 Å². The summed E-state index contributed by atoms with van der Waals surface area (Å²) < 4.78 is 5.33. The van der Waals surface area contributed by atoms with E-state index >= 15 is 0 Å². The molecule has 0 amide bonds. The summed E-state index contributed by atoms with van der Waals surface area (Å²) in [4.78, 5) is 6.86. The second-order valence-corrected chi connectivity index (χ2v) is 5.61. The lowest BCUT2D eigenvalue weighted by Crippen LogP contribution is -2.37. The van der Waals surface area contributed by atoms with Gasteiger partial charge in [-0.25, -0.2) is 0 Å². The molecule has 20 heavy (non-hydrogen) atoms. The molecule has 2 rings (SSSR count). The van der Waals surface area contributed by atoms with E-state index in [2.05, 4.69) is 15.2 Å². The Morgan fingerprint density at radius 3 is 2.65 bits per heavy atom. The smallest absolute Gasteiger partial charge is 0.188 e. The number of rotatable bonds is 7. The van der Waals surface area contributed by atoms with Crippen molar-refractivity contribution >= 4 is 29.9 Å². The summed E-state index contributed by atoms with van der Waals surface area (Å²) in [5.41, 5.74) is 5.84. The van der Waals surface area contributed by atoms with Crippen LogP contribution in [0.25, 0.3) is 0 Å². The second-order valence-electron chi connectivity index (χ2n) is 5.61. The lowest BCUT2D eigenvalue weighted by molar-refractivity contribution is 0.0372. The first-order chi connectivity index (χ1) is 9.34. The monoisotopic (exact) mass is 396 g/mol. The average Bonchev–Trinajstić information content (AvgIpc) is 2.38. The number of guanidine groups is 1. The minimum absolute atomic E-state index is 0. The molecule has 0 atom stereocenters. The summed E-state index contributed by atoms with van der Waals surface area (Å²) in [6, 6.07) is 0. The van der Waals surface area contributed by atoms with Crippen molar-refractivity contribution in [2.24, 2.45) is 16.6 Å². The summed E-state index contributed by atoms with van der Waals surface area (Å²) in [5.74, 6) is 1.42. The van der Waals surface area contributed by atoms with Gasteiger partial charge in [0.1, 0.15) is 0 Å². The van der Waals surface area contributed by atoms with Gasteiger partial charge in [-0.1, -0.05) is 6.42 Å². The van der Waals surface area contributed by atoms with Crippen LogP contribution in [0.15, 0.2) is 4.99 Å². The summed E-state index contributed by atoms with van der Waals surface area (Å²) in [6.45, 7) is 6.95. The van der Waals surface area contributed by atoms with Gasteiger partial charge in [-0.15, -0.1) is 24.0 Å². The quantitative estimate of drug-likeness (QED) is 0.296. The van der Waals surface area contributed by atoms with Gasteiger partial charge in [-0.05, 0) is 38.1 Å². The zero-order chi connectivity index (χ0) is 13.3. The van der Waals surface area contributed by atoms with Gasteiger partial charge in [0.15, 0.2) is 5.96 Å². The molecule has 2 fully saturated rings. The Kier molecular flexibility index (Phi) is 9.54. The summed E-state index contributed by atoms with van der Waals surface area (Å²) in [5, 5.41) is 3.21. The molecule has 1 aliphatic carbocycles. The first kappa shape index (κ1) is 18.0. The van der Waals surface area contributed by atoms with Crippen molar-refractivity contribution in [3.05, 3.63) is 0 Å². The van der Waals surface area contributed by atoms with Crippen molar-refractivity contribution in [3.63, 3.8) is 0 Å². The highest BCUT2D eigenvalue weighted by Crippen LogP contribution is 2.26. The molecule has 0 aromatic rings. The lowest BCUT2D eigenvalue weighted by atomic mass is 9.86. The highest BCUT2D eigenvalue weighted by molar-refractivity contribution is 14.0. The molecule has 0 spiro atoms. The molecule has 118 valence electrons. The van der Waals surface area contributed by atoms with E-state index in [0.29, 0.717) is 5.96 Å².